The summed E-state index contributed by atoms with van der Waals surface area (Å²) >= 11 is 6.31. The van der Waals surface area contributed by atoms with Crippen molar-refractivity contribution in [2.45, 2.75) is 46.1 Å². The number of ether oxygens (including phenoxy) is 2. The summed E-state index contributed by atoms with van der Waals surface area (Å²) in [5.41, 5.74) is 2.61. The van der Waals surface area contributed by atoms with E-state index in [4.69, 9.17) is 31.8 Å². The Morgan fingerprint density at radius 2 is 2.03 bits per heavy atom. The van der Waals surface area contributed by atoms with E-state index in [0.29, 0.717) is 48.0 Å². The van der Waals surface area contributed by atoms with Crippen LogP contribution >= 0.6 is 11.6 Å². The molecular formula is C26H29ClN4O4. The van der Waals surface area contributed by atoms with Gasteiger partial charge >= 0.3 is 5.97 Å². The molecule has 0 aliphatic carbocycles. The minimum Gasteiger partial charge on any atom is -0.474 e. The van der Waals surface area contributed by atoms with Gasteiger partial charge in [-0.25, -0.2) is 9.98 Å². The van der Waals surface area contributed by atoms with Crippen LogP contribution in [0.3, 0.4) is 0 Å². The van der Waals surface area contributed by atoms with E-state index >= 15 is 0 Å². The standard InChI is InChI=1S/C26H29ClN4O4/c1-5-33-24(32)11-7-10-23-21-9-6-8-19(20(21)12-13-29-23)17(4)31-25(35-28)18-14-22(27)26(30-15-18)34-16(2)3/h6,8-9,12-16H,4-5,7,10-11,28H2,1-3H3/b31-25-. The molecule has 0 spiro atoms. The number of aryl methyl sites for hydroxylation is 1. The fourth-order valence-electron chi connectivity index (χ4n) is 3.55. The molecule has 184 valence electrons. The Morgan fingerprint density at radius 1 is 1.23 bits per heavy atom. The van der Waals surface area contributed by atoms with Gasteiger partial charge in [-0.3, -0.25) is 9.78 Å². The number of aliphatic imine (C=N–C) groups is 1. The lowest BCUT2D eigenvalue weighted by Gasteiger charge is -2.12. The monoisotopic (exact) mass is 496 g/mol. The van der Waals surface area contributed by atoms with Gasteiger partial charge in [0.15, 0.2) is 0 Å². The summed E-state index contributed by atoms with van der Waals surface area (Å²) in [7, 11) is 0. The summed E-state index contributed by atoms with van der Waals surface area (Å²) in [4.78, 5) is 30.0. The molecule has 1 aromatic carbocycles. The number of esters is 1. The molecule has 35 heavy (non-hydrogen) atoms. The first-order chi connectivity index (χ1) is 16.8. The second kappa shape index (κ2) is 12.3. The van der Waals surface area contributed by atoms with Gasteiger partial charge in [-0.05, 0) is 51.1 Å². The van der Waals surface area contributed by atoms with Crippen LogP contribution in [0.2, 0.25) is 5.02 Å². The summed E-state index contributed by atoms with van der Waals surface area (Å²) in [5.74, 6) is 5.74. The van der Waals surface area contributed by atoms with Crippen molar-refractivity contribution in [2.24, 2.45) is 10.9 Å². The fraction of sp³-hybridized carbons (Fsp3) is 0.308. The molecule has 9 heteroatoms. The number of aromatic nitrogens is 2. The van der Waals surface area contributed by atoms with E-state index in [1.54, 1.807) is 19.2 Å². The first-order valence-electron chi connectivity index (χ1n) is 11.3. The van der Waals surface area contributed by atoms with Gasteiger partial charge in [0.1, 0.15) is 5.02 Å². The van der Waals surface area contributed by atoms with E-state index in [1.807, 2.05) is 38.1 Å². The maximum Gasteiger partial charge on any atom is 0.305 e. The highest BCUT2D eigenvalue weighted by Gasteiger charge is 2.14. The molecule has 0 bridgehead atoms. The quantitative estimate of drug-likeness (QED) is 0.176. The topological polar surface area (TPSA) is 109 Å². The zero-order valence-corrected chi connectivity index (χ0v) is 20.8. The number of benzene rings is 1. The molecule has 2 heterocycles. The molecular weight excluding hydrogens is 468 g/mol. The summed E-state index contributed by atoms with van der Waals surface area (Å²) in [6.45, 7) is 10.1. The number of halogens is 1. The lowest BCUT2D eigenvalue weighted by atomic mass is 10.00. The Balaban J connectivity index is 1.87. The summed E-state index contributed by atoms with van der Waals surface area (Å²) in [6.07, 6.45) is 4.82. The summed E-state index contributed by atoms with van der Waals surface area (Å²) in [5, 5.41) is 2.20. The van der Waals surface area contributed by atoms with Crippen LogP contribution in [-0.2, 0) is 20.8 Å². The molecule has 0 saturated carbocycles. The van der Waals surface area contributed by atoms with Crippen LogP contribution in [-0.4, -0.2) is 34.5 Å². The Morgan fingerprint density at radius 3 is 2.71 bits per heavy atom. The number of nitrogens with zero attached hydrogens (tertiary/aromatic N) is 3. The molecule has 0 amide bonds. The zero-order chi connectivity index (χ0) is 25.4. The summed E-state index contributed by atoms with van der Waals surface area (Å²) < 4.78 is 10.6. The lowest BCUT2D eigenvalue weighted by Crippen LogP contribution is -2.13. The highest BCUT2D eigenvalue weighted by molar-refractivity contribution is 6.32. The Labute approximate surface area is 209 Å². The van der Waals surface area contributed by atoms with Crippen LogP contribution in [0.25, 0.3) is 16.5 Å². The Hall–Kier alpha value is -3.49. The number of hydrogen-bond donors (Lipinski definition) is 1. The van der Waals surface area contributed by atoms with E-state index in [-0.39, 0.29) is 18.0 Å². The predicted octanol–water partition coefficient (Wildman–Crippen LogP) is 5.26. The van der Waals surface area contributed by atoms with Gasteiger partial charge in [0.25, 0.3) is 0 Å². The van der Waals surface area contributed by atoms with Crippen molar-refractivity contribution in [1.29, 1.82) is 0 Å². The second-order valence-electron chi connectivity index (χ2n) is 7.98. The minimum absolute atomic E-state index is 0.0690. The Kier molecular flexibility index (Phi) is 9.17. The highest BCUT2D eigenvalue weighted by Crippen LogP contribution is 2.29. The number of fused-ring (bicyclic) bond motifs is 1. The van der Waals surface area contributed by atoms with E-state index in [9.17, 15) is 4.79 Å². The molecule has 8 nitrogen and oxygen atoms in total. The van der Waals surface area contributed by atoms with Crippen LogP contribution in [0.4, 0.5) is 0 Å². The molecule has 3 rings (SSSR count). The zero-order valence-electron chi connectivity index (χ0n) is 20.1. The maximum absolute atomic E-state index is 11.7. The molecule has 0 aliphatic rings. The minimum atomic E-state index is -0.205. The average Bonchev–Trinajstić information content (AvgIpc) is 2.83. The van der Waals surface area contributed by atoms with E-state index in [2.05, 4.69) is 21.5 Å². The molecule has 0 radical (unpaired) electrons. The van der Waals surface area contributed by atoms with Gasteiger partial charge in [0.05, 0.1) is 24.0 Å². The van der Waals surface area contributed by atoms with Gasteiger partial charge in [0.2, 0.25) is 11.8 Å². The SMILES string of the molecule is C=C(/N=C(\ON)c1cnc(OC(C)C)c(Cl)c1)c1cccc2c(CCCC(=O)OCC)nccc12. The Bertz CT molecular complexity index is 1240. The lowest BCUT2D eigenvalue weighted by molar-refractivity contribution is -0.143. The largest absolute Gasteiger partial charge is 0.474 e. The number of pyridine rings is 2. The van der Waals surface area contributed by atoms with Crippen LogP contribution in [0.1, 0.15) is 50.4 Å². The van der Waals surface area contributed by atoms with Crippen molar-refractivity contribution in [3.05, 3.63) is 71.1 Å². The van der Waals surface area contributed by atoms with Crippen molar-refractivity contribution >= 4 is 39.9 Å². The van der Waals surface area contributed by atoms with E-state index < -0.39 is 0 Å². The highest BCUT2D eigenvalue weighted by atomic mass is 35.5. The fourth-order valence-corrected chi connectivity index (χ4v) is 3.76. The number of nitrogens with two attached hydrogens (primary N) is 1. The molecule has 3 aromatic rings. The van der Waals surface area contributed by atoms with Crippen LogP contribution < -0.4 is 10.6 Å². The third kappa shape index (κ3) is 6.77. The second-order valence-corrected chi connectivity index (χ2v) is 8.38. The van der Waals surface area contributed by atoms with Gasteiger partial charge in [-0.1, -0.05) is 36.4 Å². The number of rotatable bonds is 10. The normalized spacial score (nSPS) is 11.5. The van der Waals surface area contributed by atoms with Gasteiger partial charge < -0.3 is 14.3 Å². The van der Waals surface area contributed by atoms with Crippen LogP contribution in [0.15, 0.2) is 54.3 Å². The molecule has 0 unspecified atom stereocenters. The molecule has 2 aromatic heterocycles. The van der Waals surface area contributed by atoms with Crippen molar-refractivity contribution in [3.8, 4) is 5.88 Å². The third-order valence-corrected chi connectivity index (χ3v) is 5.32. The van der Waals surface area contributed by atoms with E-state index in [0.717, 1.165) is 22.0 Å². The summed E-state index contributed by atoms with van der Waals surface area (Å²) in [6, 6.07) is 9.34. The van der Waals surface area contributed by atoms with Crippen molar-refractivity contribution in [2.75, 3.05) is 6.61 Å². The molecule has 0 fully saturated rings. The van der Waals surface area contributed by atoms with E-state index in [1.165, 1.54) is 6.20 Å². The number of carbonyl (C=O) groups excluding carboxylic acids is 1. The van der Waals surface area contributed by atoms with Crippen molar-refractivity contribution in [1.82, 2.24) is 9.97 Å². The predicted molar refractivity (Wildman–Crippen MR) is 137 cm³/mol. The van der Waals surface area contributed by atoms with Gasteiger partial charge in [-0.15, -0.1) is 0 Å². The smallest absolute Gasteiger partial charge is 0.305 e. The average molecular weight is 497 g/mol. The first kappa shape index (κ1) is 26.1. The molecule has 2 N–H and O–H groups in total. The van der Waals surface area contributed by atoms with Crippen molar-refractivity contribution < 1.29 is 19.1 Å². The molecule has 0 saturated heterocycles. The van der Waals surface area contributed by atoms with Crippen LogP contribution in [0.5, 0.6) is 5.88 Å². The number of carbonyl (C=O) groups is 1. The third-order valence-electron chi connectivity index (χ3n) is 5.05. The molecule has 0 atom stereocenters. The van der Waals surface area contributed by atoms with Crippen LogP contribution in [0, 0.1) is 0 Å². The number of hydrogen-bond acceptors (Lipinski definition) is 8. The van der Waals surface area contributed by atoms with Gasteiger partial charge in [-0.2, -0.15) is 5.90 Å². The molecule has 0 aliphatic heterocycles. The maximum atomic E-state index is 11.7. The van der Waals surface area contributed by atoms with Gasteiger partial charge in [0, 0.05) is 35.5 Å². The van der Waals surface area contributed by atoms with Crippen molar-refractivity contribution in [3.63, 3.8) is 0 Å². The first-order valence-corrected chi connectivity index (χ1v) is 11.7.